The van der Waals surface area contributed by atoms with Crippen LogP contribution in [-0.4, -0.2) is 20.1 Å². The van der Waals surface area contributed by atoms with E-state index >= 15 is 0 Å². The van der Waals surface area contributed by atoms with Gasteiger partial charge in [0.25, 0.3) is 0 Å². The number of hydrogen-bond acceptors (Lipinski definition) is 2. The van der Waals surface area contributed by atoms with Crippen LogP contribution in [0.1, 0.15) is 46.4 Å². The Morgan fingerprint density at radius 1 is 1.35 bits per heavy atom. The number of rotatable bonds is 7. The van der Waals surface area contributed by atoms with Crippen molar-refractivity contribution in [3.8, 4) is 0 Å². The standard InChI is InChI=1S/C13H24BrN3/c1-5-13(6-2,9-14)7-12-15-10-16-17(12)8-11(3)4/h10-11H,5-9H2,1-4H3. The van der Waals surface area contributed by atoms with Crippen LogP contribution >= 0.6 is 15.9 Å². The van der Waals surface area contributed by atoms with E-state index in [1.807, 2.05) is 0 Å². The van der Waals surface area contributed by atoms with Gasteiger partial charge in [0.2, 0.25) is 0 Å². The summed E-state index contributed by atoms with van der Waals surface area (Å²) in [5, 5.41) is 5.36. The Morgan fingerprint density at radius 2 is 2.00 bits per heavy atom. The first-order valence-electron chi connectivity index (χ1n) is 6.49. The molecule has 0 saturated heterocycles. The van der Waals surface area contributed by atoms with Crippen molar-refractivity contribution in [2.75, 3.05) is 5.33 Å². The monoisotopic (exact) mass is 301 g/mol. The molecule has 0 aliphatic rings. The van der Waals surface area contributed by atoms with Gasteiger partial charge in [0.1, 0.15) is 12.2 Å². The highest BCUT2D eigenvalue weighted by Crippen LogP contribution is 2.32. The fraction of sp³-hybridized carbons (Fsp3) is 0.846. The lowest BCUT2D eigenvalue weighted by Gasteiger charge is -2.29. The summed E-state index contributed by atoms with van der Waals surface area (Å²) in [4.78, 5) is 4.43. The van der Waals surface area contributed by atoms with Crippen molar-refractivity contribution in [2.24, 2.45) is 11.3 Å². The molecule has 1 heterocycles. The topological polar surface area (TPSA) is 30.7 Å². The molecule has 4 heteroatoms. The van der Waals surface area contributed by atoms with E-state index in [4.69, 9.17) is 0 Å². The van der Waals surface area contributed by atoms with Crippen LogP contribution in [0.5, 0.6) is 0 Å². The molecule has 0 aromatic carbocycles. The zero-order chi connectivity index (χ0) is 12.9. The van der Waals surface area contributed by atoms with Crippen molar-refractivity contribution in [2.45, 2.75) is 53.5 Å². The van der Waals surface area contributed by atoms with Crippen LogP contribution in [0.15, 0.2) is 6.33 Å². The molecule has 0 bridgehead atoms. The first-order chi connectivity index (χ1) is 8.06. The summed E-state index contributed by atoms with van der Waals surface area (Å²) in [6.45, 7) is 9.90. The van der Waals surface area contributed by atoms with Crippen molar-refractivity contribution >= 4 is 15.9 Å². The van der Waals surface area contributed by atoms with Crippen molar-refractivity contribution in [3.63, 3.8) is 0 Å². The molecule has 17 heavy (non-hydrogen) atoms. The molecule has 0 saturated carbocycles. The summed E-state index contributed by atoms with van der Waals surface area (Å²) >= 11 is 3.66. The minimum Gasteiger partial charge on any atom is -0.250 e. The van der Waals surface area contributed by atoms with Gasteiger partial charge >= 0.3 is 0 Å². The van der Waals surface area contributed by atoms with E-state index in [-0.39, 0.29) is 0 Å². The van der Waals surface area contributed by atoms with Crippen molar-refractivity contribution < 1.29 is 0 Å². The lowest BCUT2D eigenvalue weighted by Crippen LogP contribution is -2.26. The lowest BCUT2D eigenvalue weighted by atomic mass is 9.81. The third-order valence-corrected chi connectivity index (χ3v) is 4.74. The predicted molar refractivity (Wildman–Crippen MR) is 75.4 cm³/mol. The third kappa shape index (κ3) is 3.80. The number of halogens is 1. The molecular weight excluding hydrogens is 278 g/mol. The first-order valence-corrected chi connectivity index (χ1v) is 7.61. The molecule has 0 spiro atoms. The molecule has 1 aromatic rings. The van der Waals surface area contributed by atoms with Gasteiger partial charge in [-0.1, -0.05) is 43.6 Å². The number of alkyl halides is 1. The van der Waals surface area contributed by atoms with Gasteiger partial charge in [0.05, 0.1) is 0 Å². The highest BCUT2D eigenvalue weighted by molar-refractivity contribution is 9.09. The normalized spacial score (nSPS) is 12.4. The minimum absolute atomic E-state index is 0.321. The van der Waals surface area contributed by atoms with Crippen LogP contribution < -0.4 is 0 Å². The van der Waals surface area contributed by atoms with Gasteiger partial charge in [-0.2, -0.15) is 5.10 Å². The molecule has 98 valence electrons. The molecule has 0 aliphatic carbocycles. The van der Waals surface area contributed by atoms with Crippen LogP contribution in [0.2, 0.25) is 0 Å². The van der Waals surface area contributed by atoms with Crippen LogP contribution in [0.3, 0.4) is 0 Å². The lowest BCUT2D eigenvalue weighted by molar-refractivity contribution is 0.291. The van der Waals surface area contributed by atoms with E-state index in [0.29, 0.717) is 11.3 Å². The summed E-state index contributed by atoms with van der Waals surface area (Å²) in [5.74, 6) is 1.74. The Bertz CT molecular complexity index is 321. The molecule has 3 nitrogen and oxygen atoms in total. The smallest absolute Gasteiger partial charge is 0.138 e. The molecule has 1 aromatic heterocycles. The van der Waals surface area contributed by atoms with Gasteiger partial charge in [-0.25, -0.2) is 9.67 Å². The number of hydrogen-bond donors (Lipinski definition) is 0. The van der Waals surface area contributed by atoms with Gasteiger partial charge in [-0.3, -0.25) is 0 Å². The fourth-order valence-electron chi connectivity index (χ4n) is 2.00. The van der Waals surface area contributed by atoms with Crippen LogP contribution in [0.4, 0.5) is 0 Å². The van der Waals surface area contributed by atoms with Crippen LogP contribution in [-0.2, 0) is 13.0 Å². The van der Waals surface area contributed by atoms with Crippen LogP contribution in [0.25, 0.3) is 0 Å². The van der Waals surface area contributed by atoms with Gasteiger partial charge in [0, 0.05) is 18.3 Å². The zero-order valence-corrected chi connectivity index (χ0v) is 13.0. The van der Waals surface area contributed by atoms with Gasteiger partial charge < -0.3 is 0 Å². The average molecular weight is 302 g/mol. The van der Waals surface area contributed by atoms with Gasteiger partial charge in [-0.15, -0.1) is 0 Å². The minimum atomic E-state index is 0.321. The molecular formula is C13H24BrN3. The second-order valence-electron chi connectivity index (χ2n) is 5.27. The Balaban J connectivity index is 2.82. The van der Waals surface area contributed by atoms with Crippen molar-refractivity contribution in [1.29, 1.82) is 0 Å². The van der Waals surface area contributed by atoms with Gasteiger partial charge in [-0.05, 0) is 24.2 Å². The molecule has 1 rings (SSSR count). The molecule has 0 amide bonds. The fourth-order valence-corrected chi connectivity index (χ4v) is 2.99. The summed E-state index contributed by atoms with van der Waals surface area (Å²) in [6, 6.07) is 0. The summed E-state index contributed by atoms with van der Waals surface area (Å²) in [5.41, 5.74) is 0.321. The number of aromatic nitrogens is 3. The van der Waals surface area contributed by atoms with E-state index in [1.54, 1.807) is 6.33 Å². The Kier molecular flexibility index (Phi) is 5.63. The van der Waals surface area contributed by atoms with Crippen molar-refractivity contribution in [3.05, 3.63) is 12.2 Å². The molecule has 0 N–H and O–H groups in total. The van der Waals surface area contributed by atoms with Gasteiger partial charge in [0.15, 0.2) is 0 Å². The summed E-state index contributed by atoms with van der Waals surface area (Å²) in [6.07, 6.45) is 5.03. The molecule has 0 unspecified atom stereocenters. The summed E-state index contributed by atoms with van der Waals surface area (Å²) in [7, 11) is 0. The number of nitrogens with zero attached hydrogens (tertiary/aromatic N) is 3. The molecule has 0 radical (unpaired) electrons. The predicted octanol–water partition coefficient (Wildman–Crippen LogP) is 3.68. The van der Waals surface area contributed by atoms with Crippen LogP contribution in [0, 0.1) is 11.3 Å². The average Bonchev–Trinajstić information content (AvgIpc) is 2.72. The van der Waals surface area contributed by atoms with E-state index in [9.17, 15) is 0 Å². The Morgan fingerprint density at radius 3 is 2.47 bits per heavy atom. The Labute approximate surface area is 113 Å². The van der Waals surface area contributed by atoms with E-state index in [2.05, 4.69) is 58.4 Å². The van der Waals surface area contributed by atoms with E-state index < -0.39 is 0 Å². The molecule has 0 fully saturated rings. The quantitative estimate of drug-likeness (QED) is 0.719. The maximum Gasteiger partial charge on any atom is 0.138 e. The largest absolute Gasteiger partial charge is 0.250 e. The molecule has 0 aliphatic heterocycles. The van der Waals surface area contributed by atoms with E-state index in [1.165, 1.54) is 12.8 Å². The molecule has 0 atom stereocenters. The maximum absolute atomic E-state index is 4.43. The highest BCUT2D eigenvalue weighted by Gasteiger charge is 2.27. The maximum atomic E-state index is 4.43. The van der Waals surface area contributed by atoms with Crippen molar-refractivity contribution in [1.82, 2.24) is 14.8 Å². The second-order valence-corrected chi connectivity index (χ2v) is 5.83. The Hall–Kier alpha value is -0.380. The third-order valence-electron chi connectivity index (χ3n) is 3.55. The second kappa shape index (κ2) is 6.53. The highest BCUT2D eigenvalue weighted by atomic mass is 79.9. The zero-order valence-electron chi connectivity index (χ0n) is 11.4. The van der Waals surface area contributed by atoms with E-state index in [0.717, 1.165) is 24.1 Å². The summed E-state index contributed by atoms with van der Waals surface area (Å²) < 4.78 is 2.06. The first kappa shape index (κ1) is 14.7. The SMILES string of the molecule is CCC(CC)(CBr)Cc1ncnn1CC(C)C.